The first-order chi connectivity index (χ1) is 10.5. The van der Waals surface area contributed by atoms with Gasteiger partial charge in [0.1, 0.15) is 0 Å². The summed E-state index contributed by atoms with van der Waals surface area (Å²) in [7, 11) is 0. The molecule has 0 unspecified atom stereocenters. The molecule has 0 radical (unpaired) electrons. The molecule has 3 rings (SSSR count). The van der Waals surface area contributed by atoms with E-state index in [0.717, 1.165) is 22.8 Å². The Morgan fingerprint density at radius 1 is 1.18 bits per heavy atom. The molecule has 1 aromatic carbocycles. The van der Waals surface area contributed by atoms with Gasteiger partial charge in [-0.25, -0.2) is 9.97 Å². The average Bonchev–Trinajstić information content (AvgIpc) is 2.51. The van der Waals surface area contributed by atoms with Gasteiger partial charge in [-0.1, -0.05) is 29.8 Å². The summed E-state index contributed by atoms with van der Waals surface area (Å²) < 4.78 is 0. The summed E-state index contributed by atoms with van der Waals surface area (Å²) in [5, 5.41) is 11.6. The molecule has 1 aromatic heterocycles. The van der Waals surface area contributed by atoms with Gasteiger partial charge in [-0.05, 0) is 38.3 Å². The minimum Gasteiger partial charge on any atom is -0.385 e. The molecule has 0 spiro atoms. The molecule has 1 saturated heterocycles. The van der Waals surface area contributed by atoms with Crippen molar-refractivity contribution in [1.29, 1.82) is 0 Å². The van der Waals surface area contributed by atoms with Gasteiger partial charge in [0.15, 0.2) is 0 Å². The lowest BCUT2D eigenvalue weighted by Gasteiger charge is -2.39. The maximum Gasteiger partial charge on any atom is 0.225 e. The number of rotatable bonds is 2. The maximum absolute atomic E-state index is 10.9. The average molecular weight is 318 g/mol. The number of nitrogens with zero attached hydrogens (tertiary/aromatic N) is 3. The Hall–Kier alpha value is -1.65. The molecule has 1 aliphatic rings. The van der Waals surface area contributed by atoms with Crippen molar-refractivity contribution in [2.45, 2.75) is 32.3 Å². The number of benzene rings is 1. The zero-order valence-electron chi connectivity index (χ0n) is 12.9. The number of aliphatic hydroxyl groups is 1. The number of hydrogen-bond donors (Lipinski definition) is 1. The van der Waals surface area contributed by atoms with Crippen molar-refractivity contribution in [2.24, 2.45) is 0 Å². The number of halogens is 1. The van der Waals surface area contributed by atoms with Crippen LogP contribution in [0.25, 0.3) is 0 Å². The predicted molar refractivity (Wildman–Crippen MR) is 88.3 cm³/mol. The smallest absolute Gasteiger partial charge is 0.225 e. The molecular formula is C17H20ClN3O. The molecule has 0 aliphatic carbocycles. The van der Waals surface area contributed by atoms with E-state index in [1.807, 2.05) is 44.3 Å². The summed E-state index contributed by atoms with van der Waals surface area (Å²) in [6.07, 6.45) is 3.09. The van der Waals surface area contributed by atoms with Crippen LogP contribution >= 0.6 is 11.6 Å². The van der Waals surface area contributed by atoms with Crippen LogP contribution in [-0.2, 0) is 5.60 Å². The fraction of sp³-hybridized carbons (Fsp3) is 0.412. The highest BCUT2D eigenvalue weighted by molar-refractivity contribution is 6.31. The molecule has 0 bridgehead atoms. The van der Waals surface area contributed by atoms with Crippen molar-refractivity contribution in [2.75, 3.05) is 18.0 Å². The molecular weight excluding hydrogens is 298 g/mol. The molecule has 22 heavy (non-hydrogen) atoms. The highest BCUT2D eigenvalue weighted by Crippen LogP contribution is 2.37. The Balaban J connectivity index is 1.77. The van der Waals surface area contributed by atoms with Crippen LogP contribution in [0.5, 0.6) is 0 Å². The second kappa shape index (κ2) is 5.86. The van der Waals surface area contributed by atoms with Crippen molar-refractivity contribution >= 4 is 17.5 Å². The van der Waals surface area contributed by atoms with E-state index in [9.17, 15) is 5.11 Å². The Bertz CT molecular complexity index is 681. The highest BCUT2D eigenvalue weighted by atomic mass is 35.5. The molecule has 4 nitrogen and oxygen atoms in total. The number of anilines is 1. The number of aryl methyl sites for hydroxylation is 2. The van der Waals surface area contributed by atoms with Gasteiger partial charge in [-0.15, -0.1) is 0 Å². The normalized spacial score (nSPS) is 17.5. The zero-order valence-corrected chi connectivity index (χ0v) is 13.6. The summed E-state index contributed by atoms with van der Waals surface area (Å²) in [5.74, 6) is 0.740. The predicted octanol–water partition coefficient (Wildman–Crippen LogP) is 3.23. The van der Waals surface area contributed by atoms with E-state index >= 15 is 0 Å². The van der Waals surface area contributed by atoms with Crippen LogP contribution in [0.4, 0.5) is 5.95 Å². The third kappa shape index (κ3) is 2.81. The summed E-state index contributed by atoms with van der Waals surface area (Å²) in [6, 6.07) is 7.53. The minimum atomic E-state index is -0.866. The fourth-order valence-electron chi connectivity index (χ4n) is 2.85. The van der Waals surface area contributed by atoms with Gasteiger partial charge in [0.25, 0.3) is 0 Å². The van der Waals surface area contributed by atoms with Gasteiger partial charge >= 0.3 is 0 Å². The van der Waals surface area contributed by atoms with E-state index in [1.165, 1.54) is 0 Å². The molecule has 0 atom stereocenters. The number of aromatic nitrogens is 2. The van der Waals surface area contributed by atoms with Gasteiger partial charge in [-0.2, -0.15) is 0 Å². The van der Waals surface area contributed by atoms with Crippen LogP contribution in [0.2, 0.25) is 5.02 Å². The van der Waals surface area contributed by atoms with Gasteiger partial charge < -0.3 is 10.0 Å². The topological polar surface area (TPSA) is 49.2 Å². The van der Waals surface area contributed by atoms with Crippen LogP contribution in [0.15, 0.2) is 30.5 Å². The van der Waals surface area contributed by atoms with Gasteiger partial charge in [-0.3, -0.25) is 0 Å². The first-order valence-corrected chi connectivity index (χ1v) is 7.90. The first kappa shape index (κ1) is 15.3. The molecule has 5 heteroatoms. The molecule has 1 aliphatic heterocycles. The molecule has 2 aromatic rings. The third-order valence-corrected chi connectivity index (χ3v) is 4.79. The Labute approximate surface area is 135 Å². The zero-order chi connectivity index (χ0) is 15.7. The lowest BCUT2D eigenvalue weighted by molar-refractivity contribution is 0.0116. The monoisotopic (exact) mass is 317 g/mol. The van der Waals surface area contributed by atoms with Crippen molar-refractivity contribution in [1.82, 2.24) is 9.97 Å². The summed E-state index contributed by atoms with van der Waals surface area (Å²) in [6.45, 7) is 5.42. The standard InChI is InChI=1S/C17H20ClN3O/c1-12-11-19-16(20-13(12)2)21-9-7-17(22,8-10-21)14-5-3-4-6-15(14)18/h3-6,11,22H,7-10H2,1-2H3. The fourth-order valence-corrected chi connectivity index (χ4v) is 3.16. The quantitative estimate of drug-likeness (QED) is 0.924. The Morgan fingerprint density at radius 2 is 1.86 bits per heavy atom. The molecule has 0 saturated carbocycles. The molecule has 1 N–H and O–H groups in total. The Kier molecular flexibility index (Phi) is 4.06. The van der Waals surface area contributed by atoms with Crippen molar-refractivity contribution in [3.63, 3.8) is 0 Å². The van der Waals surface area contributed by atoms with Crippen LogP contribution in [0.1, 0.15) is 29.7 Å². The van der Waals surface area contributed by atoms with Crippen LogP contribution in [0, 0.1) is 13.8 Å². The molecule has 1 fully saturated rings. The van der Waals surface area contributed by atoms with E-state index in [2.05, 4.69) is 14.9 Å². The second-order valence-corrected chi connectivity index (χ2v) is 6.34. The second-order valence-electron chi connectivity index (χ2n) is 5.94. The van der Waals surface area contributed by atoms with Gasteiger partial charge in [0.2, 0.25) is 5.95 Å². The molecule has 0 amide bonds. The largest absolute Gasteiger partial charge is 0.385 e. The Morgan fingerprint density at radius 3 is 2.50 bits per heavy atom. The summed E-state index contributed by atoms with van der Waals surface area (Å²) in [4.78, 5) is 11.1. The van der Waals surface area contributed by atoms with Gasteiger partial charge in [0.05, 0.1) is 5.60 Å². The molecule has 116 valence electrons. The van der Waals surface area contributed by atoms with Gasteiger partial charge in [0, 0.05) is 35.6 Å². The first-order valence-electron chi connectivity index (χ1n) is 7.52. The van der Waals surface area contributed by atoms with Crippen molar-refractivity contribution < 1.29 is 5.11 Å². The van der Waals surface area contributed by atoms with E-state index in [4.69, 9.17) is 11.6 Å². The SMILES string of the molecule is Cc1cnc(N2CCC(O)(c3ccccc3Cl)CC2)nc1C. The van der Waals surface area contributed by atoms with Crippen LogP contribution in [-0.4, -0.2) is 28.2 Å². The van der Waals surface area contributed by atoms with E-state index in [-0.39, 0.29) is 0 Å². The number of hydrogen-bond acceptors (Lipinski definition) is 4. The lowest BCUT2D eigenvalue weighted by Crippen LogP contribution is -2.43. The highest BCUT2D eigenvalue weighted by Gasteiger charge is 2.36. The summed E-state index contributed by atoms with van der Waals surface area (Å²) >= 11 is 6.24. The van der Waals surface area contributed by atoms with E-state index in [1.54, 1.807) is 0 Å². The van der Waals surface area contributed by atoms with Crippen molar-refractivity contribution in [3.8, 4) is 0 Å². The van der Waals surface area contributed by atoms with E-state index in [0.29, 0.717) is 31.0 Å². The lowest BCUT2D eigenvalue weighted by atomic mass is 9.84. The molecule has 2 heterocycles. The van der Waals surface area contributed by atoms with Crippen LogP contribution in [0.3, 0.4) is 0 Å². The van der Waals surface area contributed by atoms with Crippen molar-refractivity contribution in [3.05, 3.63) is 52.3 Å². The van der Waals surface area contributed by atoms with E-state index < -0.39 is 5.60 Å². The maximum atomic E-state index is 10.9. The van der Waals surface area contributed by atoms with Crippen LogP contribution < -0.4 is 4.90 Å². The summed E-state index contributed by atoms with van der Waals surface area (Å²) in [5.41, 5.74) is 2.04. The third-order valence-electron chi connectivity index (χ3n) is 4.46. The minimum absolute atomic E-state index is 0.618. The number of piperidine rings is 1.